The van der Waals surface area contributed by atoms with E-state index in [1.807, 2.05) is 26.8 Å². The van der Waals surface area contributed by atoms with E-state index in [9.17, 15) is 5.11 Å². The van der Waals surface area contributed by atoms with Crippen LogP contribution in [-0.4, -0.2) is 28.7 Å². The van der Waals surface area contributed by atoms with Gasteiger partial charge in [0, 0.05) is 18.1 Å². The number of likely N-dealkylation sites (N-methyl/N-ethyl adjacent to an activating group) is 1. The molecule has 0 atom stereocenters. The van der Waals surface area contributed by atoms with E-state index >= 15 is 0 Å². The Hall–Kier alpha value is -0.570. The summed E-state index contributed by atoms with van der Waals surface area (Å²) in [6, 6.07) is 6.11. The van der Waals surface area contributed by atoms with Gasteiger partial charge in [-0.2, -0.15) is 0 Å². The lowest BCUT2D eigenvalue weighted by Gasteiger charge is -2.28. The van der Waals surface area contributed by atoms with E-state index in [0.717, 1.165) is 23.7 Å². The summed E-state index contributed by atoms with van der Waals surface area (Å²) >= 11 is 6.21. The van der Waals surface area contributed by atoms with Gasteiger partial charge >= 0.3 is 0 Å². The normalized spacial score (nSPS) is 12.2. The van der Waals surface area contributed by atoms with Crippen LogP contribution in [0, 0.1) is 6.92 Å². The van der Waals surface area contributed by atoms with Crippen LogP contribution in [0.25, 0.3) is 0 Å². The van der Waals surface area contributed by atoms with Crippen molar-refractivity contribution in [1.82, 2.24) is 4.90 Å². The molecule has 0 aromatic heterocycles. The molecular formula is C14H22ClNO. The maximum atomic E-state index is 9.84. The summed E-state index contributed by atoms with van der Waals surface area (Å²) in [5.41, 5.74) is 1.61. The van der Waals surface area contributed by atoms with Crippen LogP contribution < -0.4 is 0 Å². The van der Waals surface area contributed by atoms with Crippen molar-refractivity contribution in [2.24, 2.45) is 0 Å². The van der Waals surface area contributed by atoms with E-state index in [1.54, 1.807) is 0 Å². The summed E-state index contributed by atoms with van der Waals surface area (Å²) < 4.78 is 0. The Morgan fingerprint density at radius 3 is 2.47 bits per heavy atom. The molecule has 0 radical (unpaired) electrons. The molecule has 17 heavy (non-hydrogen) atoms. The second kappa shape index (κ2) is 5.85. The topological polar surface area (TPSA) is 23.5 Å². The van der Waals surface area contributed by atoms with Gasteiger partial charge in [-0.25, -0.2) is 0 Å². The van der Waals surface area contributed by atoms with Gasteiger partial charge in [-0.3, -0.25) is 4.90 Å². The van der Waals surface area contributed by atoms with E-state index in [4.69, 9.17) is 11.6 Å². The Balaban J connectivity index is 2.74. The third kappa shape index (κ3) is 5.07. The Labute approximate surface area is 109 Å². The summed E-state index contributed by atoms with van der Waals surface area (Å²) in [6.07, 6.45) is 0. The van der Waals surface area contributed by atoms with E-state index in [1.165, 1.54) is 5.56 Å². The van der Waals surface area contributed by atoms with E-state index in [2.05, 4.69) is 24.0 Å². The number of nitrogens with zero attached hydrogens (tertiary/aromatic N) is 1. The zero-order valence-corrected chi connectivity index (χ0v) is 11.9. The van der Waals surface area contributed by atoms with Crippen molar-refractivity contribution >= 4 is 11.6 Å². The Morgan fingerprint density at radius 1 is 1.35 bits per heavy atom. The van der Waals surface area contributed by atoms with Crippen molar-refractivity contribution in [1.29, 1.82) is 0 Å². The monoisotopic (exact) mass is 255 g/mol. The Bertz CT molecular complexity index is 371. The highest BCUT2D eigenvalue weighted by atomic mass is 35.5. The predicted molar refractivity (Wildman–Crippen MR) is 73.4 cm³/mol. The van der Waals surface area contributed by atoms with Gasteiger partial charge in [-0.15, -0.1) is 0 Å². The van der Waals surface area contributed by atoms with Gasteiger partial charge in [-0.05, 0) is 44.5 Å². The van der Waals surface area contributed by atoms with Crippen molar-refractivity contribution in [3.05, 3.63) is 34.3 Å². The highest BCUT2D eigenvalue weighted by molar-refractivity contribution is 6.31. The smallest absolute Gasteiger partial charge is 0.0718 e. The van der Waals surface area contributed by atoms with Crippen molar-refractivity contribution in [3.8, 4) is 0 Å². The van der Waals surface area contributed by atoms with Crippen molar-refractivity contribution in [3.63, 3.8) is 0 Å². The molecule has 0 unspecified atom stereocenters. The SMILES string of the molecule is CCN(Cc1ccc(C)cc1Cl)CC(C)(C)O. The van der Waals surface area contributed by atoms with Gasteiger partial charge in [0.2, 0.25) is 0 Å². The molecular weight excluding hydrogens is 234 g/mol. The van der Waals surface area contributed by atoms with E-state index in [-0.39, 0.29) is 0 Å². The van der Waals surface area contributed by atoms with Crippen LogP contribution in [0.15, 0.2) is 18.2 Å². The lowest BCUT2D eigenvalue weighted by molar-refractivity contribution is 0.0353. The number of hydrogen-bond acceptors (Lipinski definition) is 2. The average molecular weight is 256 g/mol. The highest BCUT2D eigenvalue weighted by Crippen LogP contribution is 2.20. The van der Waals surface area contributed by atoms with Crippen molar-refractivity contribution in [2.75, 3.05) is 13.1 Å². The summed E-state index contributed by atoms with van der Waals surface area (Å²) in [5.74, 6) is 0. The molecule has 0 aliphatic rings. The fourth-order valence-electron chi connectivity index (χ4n) is 1.85. The minimum atomic E-state index is -0.673. The quantitative estimate of drug-likeness (QED) is 0.873. The number of aliphatic hydroxyl groups is 1. The average Bonchev–Trinajstić information content (AvgIpc) is 2.19. The first-order chi connectivity index (χ1) is 7.81. The summed E-state index contributed by atoms with van der Waals surface area (Å²) in [5, 5.41) is 10.6. The minimum absolute atomic E-state index is 0.647. The first-order valence-corrected chi connectivity index (χ1v) is 6.39. The lowest BCUT2D eigenvalue weighted by atomic mass is 10.1. The van der Waals surface area contributed by atoms with Crippen LogP contribution in [0.1, 0.15) is 31.9 Å². The highest BCUT2D eigenvalue weighted by Gasteiger charge is 2.17. The van der Waals surface area contributed by atoms with Gasteiger partial charge in [0.15, 0.2) is 0 Å². The zero-order valence-electron chi connectivity index (χ0n) is 11.1. The van der Waals surface area contributed by atoms with Crippen LogP contribution in [0.4, 0.5) is 0 Å². The molecule has 1 N–H and O–H groups in total. The Kier molecular flexibility index (Phi) is 4.99. The molecule has 0 heterocycles. The Morgan fingerprint density at radius 2 is 2.00 bits per heavy atom. The predicted octanol–water partition coefficient (Wildman–Crippen LogP) is 3.24. The number of aryl methyl sites for hydroxylation is 1. The third-order valence-corrected chi connectivity index (χ3v) is 3.01. The summed E-state index contributed by atoms with van der Waals surface area (Å²) in [4.78, 5) is 2.19. The maximum Gasteiger partial charge on any atom is 0.0718 e. The van der Waals surface area contributed by atoms with E-state index in [0.29, 0.717) is 6.54 Å². The van der Waals surface area contributed by atoms with Gasteiger partial charge in [0.25, 0.3) is 0 Å². The summed E-state index contributed by atoms with van der Waals surface area (Å²) in [6.45, 7) is 10.1. The van der Waals surface area contributed by atoms with E-state index < -0.39 is 5.60 Å². The van der Waals surface area contributed by atoms with Gasteiger partial charge in [0.05, 0.1) is 5.60 Å². The second-order valence-corrected chi connectivity index (χ2v) is 5.62. The molecule has 0 amide bonds. The largest absolute Gasteiger partial charge is 0.389 e. The van der Waals surface area contributed by atoms with Gasteiger partial charge < -0.3 is 5.11 Å². The van der Waals surface area contributed by atoms with Crippen LogP contribution in [0.2, 0.25) is 5.02 Å². The van der Waals surface area contributed by atoms with Crippen LogP contribution >= 0.6 is 11.6 Å². The molecule has 1 aromatic carbocycles. The van der Waals surface area contributed by atoms with Gasteiger partial charge in [-0.1, -0.05) is 30.7 Å². The minimum Gasteiger partial charge on any atom is -0.389 e. The number of hydrogen-bond donors (Lipinski definition) is 1. The standard InChI is InChI=1S/C14H22ClNO/c1-5-16(10-14(3,4)17)9-12-7-6-11(2)8-13(12)15/h6-8,17H,5,9-10H2,1-4H3. The molecule has 0 fully saturated rings. The molecule has 0 spiro atoms. The molecule has 1 rings (SSSR count). The maximum absolute atomic E-state index is 9.84. The lowest BCUT2D eigenvalue weighted by Crippen LogP contribution is -2.38. The van der Waals surface area contributed by atoms with Crippen molar-refractivity contribution < 1.29 is 5.11 Å². The number of rotatable bonds is 5. The molecule has 2 nitrogen and oxygen atoms in total. The summed E-state index contributed by atoms with van der Waals surface area (Å²) in [7, 11) is 0. The first kappa shape index (κ1) is 14.5. The fraction of sp³-hybridized carbons (Fsp3) is 0.571. The molecule has 0 saturated carbocycles. The molecule has 0 bridgehead atoms. The fourth-order valence-corrected chi connectivity index (χ4v) is 2.14. The number of benzene rings is 1. The first-order valence-electron chi connectivity index (χ1n) is 6.01. The van der Waals surface area contributed by atoms with Gasteiger partial charge in [0.1, 0.15) is 0 Å². The van der Waals surface area contributed by atoms with Crippen LogP contribution in [-0.2, 0) is 6.54 Å². The molecule has 96 valence electrons. The molecule has 3 heteroatoms. The molecule has 0 saturated heterocycles. The molecule has 0 aliphatic heterocycles. The van der Waals surface area contributed by atoms with Crippen LogP contribution in [0.5, 0.6) is 0 Å². The van der Waals surface area contributed by atoms with Crippen molar-refractivity contribution in [2.45, 2.75) is 39.8 Å². The third-order valence-electron chi connectivity index (χ3n) is 2.66. The number of halogens is 1. The molecule has 1 aromatic rings. The second-order valence-electron chi connectivity index (χ2n) is 5.21. The van der Waals surface area contributed by atoms with Crippen LogP contribution in [0.3, 0.4) is 0 Å². The zero-order chi connectivity index (χ0) is 13.1. The molecule has 0 aliphatic carbocycles.